The van der Waals surface area contributed by atoms with E-state index in [1.807, 2.05) is 24.3 Å². The van der Waals surface area contributed by atoms with Crippen LogP contribution in [-0.4, -0.2) is 56.6 Å². The Kier molecular flexibility index (Phi) is 5.05. The van der Waals surface area contributed by atoms with Gasteiger partial charge in [0.2, 0.25) is 0 Å². The van der Waals surface area contributed by atoms with Crippen LogP contribution >= 0.6 is 0 Å². The highest BCUT2D eigenvalue weighted by molar-refractivity contribution is 6.04. The van der Waals surface area contributed by atoms with E-state index in [1.165, 1.54) is 5.56 Å². The molecule has 0 spiro atoms. The van der Waals surface area contributed by atoms with Gasteiger partial charge in [-0.2, -0.15) is 0 Å². The lowest BCUT2D eigenvalue weighted by molar-refractivity contribution is 0.100. The van der Waals surface area contributed by atoms with E-state index >= 15 is 0 Å². The molecule has 8 nitrogen and oxygen atoms in total. The van der Waals surface area contributed by atoms with Crippen molar-refractivity contribution in [3.05, 3.63) is 78.2 Å². The Labute approximate surface area is 179 Å². The summed E-state index contributed by atoms with van der Waals surface area (Å²) in [7, 11) is 0. The molecule has 1 aliphatic heterocycles. The molecular weight excluding hydrogens is 390 g/mol. The second-order valence-electron chi connectivity index (χ2n) is 7.61. The highest BCUT2D eigenvalue weighted by atomic mass is 16.1. The Morgan fingerprint density at radius 3 is 2.39 bits per heavy atom. The maximum Gasteiger partial charge on any atom is 0.256 e. The molecule has 4 aromatic rings. The SMILES string of the molecule is NC(=O)c1c(N2CCN(Cc3ccccc3)CC2)nn2c(-c3ccncc3)ccnc12. The van der Waals surface area contributed by atoms with Crippen LogP contribution in [0, 0.1) is 0 Å². The zero-order chi connectivity index (χ0) is 21.2. The van der Waals surface area contributed by atoms with Gasteiger partial charge in [0.1, 0.15) is 5.56 Å². The molecule has 2 N–H and O–H groups in total. The molecular formula is C23H23N7O. The van der Waals surface area contributed by atoms with Gasteiger partial charge in [-0.25, -0.2) is 9.50 Å². The topological polar surface area (TPSA) is 92.7 Å². The van der Waals surface area contributed by atoms with Gasteiger partial charge in [-0.1, -0.05) is 30.3 Å². The zero-order valence-corrected chi connectivity index (χ0v) is 17.1. The first-order valence-corrected chi connectivity index (χ1v) is 10.3. The number of primary amides is 1. The average molecular weight is 413 g/mol. The summed E-state index contributed by atoms with van der Waals surface area (Å²) in [6.45, 7) is 4.21. The van der Waals surface area contributed by atoms with Gasteiger partial charge in [0.05, 0.1) is 5.69 Å². The number of benzene rings is 1. The minimum atomic E-state index is -0.518. The first-order valence-electron chi connectivity index (χ1n) is 10.3. The molecule has 1 amide bonds. The number of pyridine rings is 1. The summed E-state index contributed by atoms with van der Waals surface area (Å²) in [4.78, 5) is 25.4. The molecule has 3 aromatic heterocycles. The highest BCUT2D eigenvalue weighted by Crippen LogP contribution is 2.28. The van der Waals surface area contributed by atoms with Gasteiger partial charge in [-0.15, -0.1) is 5.10 Å². The molecule has 0 aliphatic carbocycles. The second kappa shape index (κ2) is 8.16. The number of nitrogens with two attached hydrogens (primary N) is 1. The third kappa shape index (κ3) is 3.73. The fourth-order valence-electron chi connectivity index (χ4n) is 4.08. The maximum atomic E-state index is 12.4. The number of amides is 1. The summed E-state index contributed by atoms with van der Waals surface area (Å²) >= 11 is 0. The number of hydrogen-bond acceptors (Lipinski definition) is 6. The molecule has 0 saturated carbocycles. The van der Waals surface area contributed by atoms with Crippen molar-refractivity contribution in [2.75, 3.05) is 31.1 Å². The standard InChI is InChI=1S/C23H23N7O/c24-21(31)20-22-26-11-8-19(18-6-9-25-10-7-18)30(22)27-23(20)29-14-12-28(13-15-29)16-17-4-2-1-3-5-17/h1-11H,12-16H2,(H2,24,31). The Balaban J connectivity index is 1.45. The van der Waals surface area contributed by atoms with Crippen LogP contribution in [0.5, 0.6) is 0 Å². The number of hydrogen-bond donors (Lipinski definition) is 1. The highest BCUT2D eigenvalue weighted by Gasteiger charge is 2.27. The van der Waals surface area contributed by atoms with Gasteiger partial charge in [-0.05, 0) is 23.8 Å². The van der Waals surface area contributed by atoms with Crippen LogP contribution in [0.1, 0.15) is 15.9 Å². The van der Waals surface area contributed by atoms with Crippen LogP contribution in [0.25, 0.3) is 16.9 Å². The third-order valence-corrected chi connectivity index (χ3v) is 5.64. The van der Waals surface area contributed by atoms with Crippen molar-refractivity contribution in [3.8, 4) is 11.3 Å². The number of carbonyl (C=O) groups excluding carboxylic acids is 1. The monoisotopic (exact) mass is 413 g/mol. The van der Waals surface area contributed by atoms with Crippen molar-refractivity contribution in [3.63, 3.8) is 0 Å². The van der Waals surface area contributed by atoms with E-state index in [4.69, 9.17) is 10.8 Å². The summed E-state index contributed by atoms with van der Waals surface area (Å²) < 4.78 is 1.71. The Morgan fingerprint density at radius 1 is 0.935 bits per heavy atom. The fraction of sp³-hybridized carbons (Fsp3) is 0.217. The Bertz CT molecular complexity index is 1200. The summed E-state index contributed by atoms with van der Waals surface area (Å²) in [5.74, 6) is 0.0805. The third-order valence-electron chi connectivity index (χ3n) is 5.64. The molecule has 31 heavy (non-hydrogen) atoms. The van der Waals surface area contributed by atoms with E-state index in [-0.39, 0.29) is 0 Å². The van der Waals surface area contributed by atoms with Crippen molar-refractivity contribution < 1.29 is 4.79 Å². The Morgan fingerprint density at radius 2 is 1.68 bits per heavy atom. The summed E-state index contributed by atoms with van der Waals surface area (Å²) in [5.41, 5.74) is 9.69. The van der Waals surface area contributed by atoms with Crippen LogP contribution in [0.2, 0.25) is 0 Å². The van der Waals surface area contributed by atoms with Crippen LogP contribution in [0.4, 0.5) is 5.82 Å². The van der Waals surface area contributed by atoms with Crippen LogP contribution < -0.4 is 10.6 Å². The summed E-state index contributed by atoms with van der Waals surface area (Å²) in [6, 6.07) is 16.1. The number of nitrogens with zero attached hydrogens (tertiary/aromatic N) is 6. The number of piperazine rings is 1. The van der Waals surface area contributed by atoms with Gasteiger partial charge in [0, 0.05) is 56.9 Å². The van der Waals surface area contributed by atoms with E-state index < -0.39 is 5.91 Å². The molecule has 8 heteroatoms. The predicted octanol–water partition coefficient (Wildman–Crippen LogP) is 2.21. The molecule has 1 saturated heterocycles. The predicted molar refractivity (Wildman–Crippen MR) is 119 cm³/mol. The number of aromatic nitrogens is 4. The molecule has 0 radical (unpaired) electrons. The van der Waals surface area contributed by atoms with Crippen molar-refractivity contribution in [2.24, 2.45) is 5.73 Å². The zero-order valence-electron chi connectivity index (χ0n) is 17.1. The molecule has 0 bridgehead atoms. The average Bonchev–Trinajstić information content (AvgIpc) is 3.21. The number of fused-ring (bicyclic) bond motifs is 1. The summed E-state index contributed by atoms with van der Waals surface area (Å²) in [6.07, 6.45) is 5.14. The normalized spacial score (nSPS) is 14.8. The summed E-state index contributed by atoms with van der Waals surface area (Å²) in [5, 5.41) is 4.78. The van der Waals surface area contributed by atoms with Gasteiger partial charge >= 0.3 is 0 Å². The molecule has 5 rings (SSSR count). The molecule has 1 aliphatic rings. The molecule has 4 heterocycles. The van der Waals surface area contributed by atoms with Crippen molar-refractivity contribution in [1.82, 2.24) is 24.5 Å². The minimum Gasteiger partial charge on any atom is -0.365 e. The maximum absolute atomic E-state index is 12.4. The van der Waals surface area contributed by atoms with Gasteiger partial charge < -0.3 is 10.6 Å². The molecule has 1 aromatic carbocycles. The number of carbonyl (C=O) groups is 1. The number of rotatable bonds is 5. The van der Waals surface area contributed by atoms with Gasteiger partial charge in [-0.3, -0.25) is 14.7 Å². The minimum absolute atomic E-state index is 0.368. The lowest BCUT2D eigenvalue weighted by Gasteiger charge is -2.35. The first-order chi connectivity index (χ1) is 15.2. The van der Waals surface area contributed by atoms with Gasteiger partial charge in [0.15, 0.2) is 11.5 Å². The van der Waals surface area contributed by atoms with Crippen LogP contribution in [0.15, 0.2) is 67.1 Å². The van der Waals surface area contributed by atoms with Crippen LogP contribution in [0.3, 0.4) is 0 Å². The van der Waals surface area contributed by atoms with Crippen molar-refractivity contribution in [2.45, 2.75) is 6.54 Å². The lowest BCUT2D eigenvalue weighted by Crippen LogP contribution is -2.46. The van der Waals surface area contributed by atoms with E-state index in [2.05, 4.69) is 44.0 Å². The van der Waals surface area contributed by atoms with Gasteiger partial charge in [0.25, 0.3) is 5.91 Å². The molecule has 156 valence electrons. The van der Waals surface area contributed by atoms with Crippen molar-refractivity contribution >= 4 is 17.4 Å². The van der Waals surface area contributed by atoms with E-state index in [0.717, 1.165) is 44.0 Å². The molecule has 1 fully saturated rings. The van der Waals surface area contributed by atoms with Crippen molar-refractivity contribution in [1.29, 1.82) is 0 Å². The molecule has 0 unspecified atom stereocenters. The van der Waals surface area contributed by atoms with E-state index in [0.29, 0.717) is 17.0 Å². The largest absolute Gasteiger partial charge is 0.365 e. The quantitative estimate of drug-likeness (QED) is 0.539. The van der Waals surface area contributed by atoms with E-state index in [1.54, 1.807) is 23.1 Å². The number of anilines is 1. The fourth-order valence-corrected chi connectivity index (χ4v) is 4.08. The molecule has 0 atom stereocenters. The second-order valence-corrected chi connectivity index (χ2v) is 7.61. The smallest absolute Gasteiger partial charge is 0.256 e. The lowest BCUT2D eigenvalue weighted by atomic mass is 10.2. The Hall–Kier alpha value is -3.78. The van der Waals surface area contributed by atoms with E-state index in [9.17, 15) is 4.79 Å². The van der Waals surface area contributed by atoms with Crippen LogP contribution in [-0.2, 0) is 6.54 Å². The first kappa shape index (κ1) is 19.2.